The number of fused-ring (bicyclic) bond motifs is 12. The molecule has 4 aliphatic rings. The maximum atomic E-state index is 2.83. The molecule has 0 spiro atoms. The fraction of sp³-hybridized carbons (Fsp3) is 0.257. The van der Waals surface area contributed by atoms with E-state index in [2.05, 4.69) is 103 Å². The Morgan fingerprint density at radius 2 is 1.67 bits per heavy atom. The number of aryl methyl sites for hydroxylation is 1. The fourth-order valence-corrected chi connectivity index (χ4v) is 10.6. The van der Waals surface area contributed by atoms with Crippen LogP contribution in [0.3, 0.4) is 0 Å². The molecule has 1 saturated carbocycles. The van der Waals surface area contributed by atoms with Gasteiger partial charge in [-0.15, -0.1) is 11.3 Å². The van der Waals surface area contributed by atoms with Crippen molar-refractivity contribution in [2.24, 2.45) is 0 Å². The predicted molar refractivity (Wildman–Crippen MR) is 168 cm³/mol. The van der Waals surface area contributed by atoms with Crippen LogP contribution in [0, 0.1) is 6.92 Å². The first-order valence-electron chi connectivity index (χ1n) is 14.5. The van der Waals surface area contributed by atoms with Crippen molar-refractivity contribution in [3.63, 3.8) is 0 Å². The minimum Gasteiger partial charge on any atom is -0.367 e. The SMILES string of the molecule is Cc1cc2c3c(c1)N1c4c(cccc4C4(C)CCCCC14C)B3n1c3sc4ccccc4c3c3cccc-2c31. The standard InChI is InChI=1S/C35H29BN2S/c1-20-18-24-21-11-8-12-23-29-22-10-4-5-15-28(22)39-33(29)38(31(21)23)36-26-14-9-13-25-32(26)37(27(19-20)30(24)36)35(3)17-7-6-16-34(25,35)2/h4-5,8-15,18-19H,6-7,16-17H2,1-3H3. The monoisotopic (exact) mass is 520 g/mol. The van der Waals surface area contributed by atoms with Gasteiger partial charge in [0.25, 0.3) is 0 Å². The van der Waals surface area contributed by atoms with E-state index in [1.807, 2.05) is 11.3 Å². The second-order valence-electron chi connectivity index (χ2n) is 12.9. The van der Waals surface area contributed by atoms with Crippen LogP contribution >= 0.6 is 11.3 Å². The molecular weight excluding hydrogens is 491 g/mol. The lowest BCUT2D eigenvalue weighted by molar-refractivity contribution is 0.195. The molecule has 10 rings (SSSR count). The average Bonchev–Trinajstić information content (AvgIpc) is 3.54. The van der Waals surface area contributed by atoms with E-state index in [1.54, 1.807) is 5.56 Å². The van der Waals surface area contributed by atoms with Crippen molar-refractivity contribution >= 4 is 71.7 Å². The Bertz CT molecular complexity index is 2100. The summed E-state index contributed by atoms with van der Waals surface area (Å²) in [4.78, 5) is 4.25. The van der Waals surface area contributed by atoms with E-state index in [9.17, 15) is 0 Å². The van der Waals surface area contributed by atoms with Crippen molar-refractivity contribution in [3.8, 4) is 11.1 Å². The van der Waals surface area contributed by atoms with Crippen LogP contribution in [-0.4, -0.2) is 16.9 Å². The van der Waals surface area contributed by atoms with E-state index in [4.69, 9.17) is 0 Å². The number of hydrogen-bond acceptors (Lipinski definition) is 2. The van der Waals surface area contributed by atoms with Crippen molar-refractivity contribution < 1.29 is 0 Å². The molecular formula is C35H29BN2S. The first-order chi connectivity index (χ1) is 19.0. The van der Waals surface area contributed by atoms with Gasteiger partial charge in [0.1, 0.15) is 0 Å². The van der Waals surface area contributed by atoms with Gasteiger partial charge in [-0.3, -0.25) is 0 Å². The fourth-order valence-electron chi connectivity index (χ4n) is 9.32. The van der Waals surface area contributed by atoms with Crippen molar-refractivity contribution in [1.29, 1.82) is 0 Å². The van der Waals surface area contributed by atoms with Crippen LogP contribution < -0.4 is 15.8 Å². The Kier molecular flexibility index (Phi) is 3.62. The molecule has 4 aromatic carbocycles. The lowest BCUT2D eigenvalue weighted by Crippen LogP contribution is -2.61. The smallest absolute Gasteiger partial charge is 0.333 e. The molecule has 0 N–H and O–H groups in total. The Morgan fingerprint density at radius 1 is 0.846 bits per heavy atom. The third-order valence-electron chi connectivity index (χ3n) is 11.2. The molecule has 0 bridgehead atoms. The summed E-state index contributed by atoms with van der Waals surface area (Å²) in [6.07, 6.45) is 5.15. The number of rotatable bonds is 0. The first kappa shape index (κ1) is 21.3. The van der Waals surface area contributed by atoms with Gasteiger partial charge in [-0.25, -0.2) is 0 Å². The average molecular weight is 521 g/mol. The molecule has 0 amide bonds. The highest BCUT2D eigenvalue weighted by Crippen LogP contribution is 2.61. The molecule has 3 aliphatic heterocycles. The summed E-state index contributed by atoms with van der Waals surface area (Å²) in [7, 11) is 0. The summed E-state index contributed by atoms with van der Waals surface area (Å²) in [5.41, 5.74) is 13.4. The van der Waals surface area contributed by atoms with Gasteiger partial charge in [-0.05, 0) is 66.4 Å². The molecule has 1 fully saturated rings. The van der Waals surface area contributed by atoms with Gasteiger partial charge in [0, 0.05) is 48.7 Å². The largest absolute Gasteiger partial charge is 0.367 e. The van der Waals surface area contributed by atoms with E-state index in [1.165, 1.54) is 95.9 Å². The normalized spacial score (nSPS) is 24.0. The maximum absolute atomic E-state index is 2.83. The van der Waals surface area contributed by atoms with Crippen LogP contribution in [0.15, 0.2) is 72.8 Å². The quantitative estimate of drug-likeness (QED) is 0.184. The Labute approximate surface area is 233 Å². The summed E-state index contributed by atoms with van der Waals surface area (Å²) in [6, 6.07) is 28.3. The topological polar surface area (TPSA) is 8.17 Å². The van der Waals surface area contributed by atoms with E-state index in [-0.39, 0.29) is 17.8 Å². The van der Waals surface area contributed by atoms with Crippen molar-refractivity contribution in [3.05, 3.63) is 83.9 Å². The number of aromatic nitrogens is 1. The molecule has 5 heterocycles. The third kappa shape index (κ3) is 2.17. The molecule has 1 aliphatic carbocycles. The zero-order valence-corrected chi connectivity index (χ0v) is 23.5. The van der Waals surface area contributed by atoms with Crippen molar-refractivity contribution in [1.82, 2.24) is 4.48 Å². The van der Waals surface area contributed by atoms with Gasteiger partial charge in [-0.2, -0.15) is 0 Å². The van der Waals surface area contributed by atoms with Crippen molar-refractivity contribution in [2.45, 2.75) is 57.4 Å². The van der Waals surface area contributed by atoms with E-state index in [0.717, 1.165) is 0 Å². The summed E-state index contributed by atoms with van der Waals surface area (Å²) in [5.74, 6) is 0. The summed E-state index contributed by atoms with van der Waals surface area (Å²) < 4.78 is 4.13. The Hall–Kier alpha value is -3.50. The highest BCUT2D eigenvalue weighted by Gasteiger charge is 2.61. The Morgan fingerprint density at radius 3 is 2.59 bits per heavy atom. The van der Waals surface area contributed by atoms with Gasteiger partial charge >= 0.3 is 6.85 Å². The van der Waals surface area contributed by atoms with Crippen LogP contribution in [0.25, 0.3) is 42.3 Å². The zero-order chi connectivity index (χ0) is 25.8. The van der Waals surface area contributed by atoms with Crippen LogP contribution in [-0.2, 0) is 5.41 Å². The highest BCUT2D eigenvalue weighted by molar-refractivity contribution is 7.26. The predicted octanol–water partition coefficient (Wildman–Crippen LogP) is 8.01. The molecule has 2 unspecified atom stereocenters. The number of nitrogens with zero attached hydrogens (tertiary/aromatic N) is 2. The van der Waals surface area contributed by atoms with E-state index in [0.29, 0.717) is 0 Å². The van der Waals surface area contributed by atoms with E-state index >= 15 is 0 Å². The van der Waals surface area contributed by atoms with Crippen LogP contribution in [0.1, 0.15) is 50.7 Å². The zero-order valence-electron chi connectivity index (χ0n) is 22.6. The van der Waals surface area contributed by atoms with Gasteiger partial charge in [0.05, 0.1) is 10.4 Å². The first-order valence-corrected chi connectivity index (χ1v) is 15.4. The van der Waals surface area contributed by atoms with Gasteiger partial charge < -0.3 is 9.38 Å². The lowest BCUT2D eigenvalue weighted by Gasteiger charge is -2.52. The lowest BCUT2D eigenvalue weighted by atomic mass is 9.45. The highest BCUT2D eigenvalue weighted by atomic mass is 32.1. The molecule has 0 saturated heterocycles. The minimum absolute atomic E-state index is 0.0894. The molecule has 2 atom stereocenters. The molecule has 39 heavy (non-hydrogen) atoms. The minimum atomic E-state index is 0.0894. The van der Waals surface area contributed by atoms with Crippen LogP contribution in [0.4, 0.5) is 11.4 Å². The molecule has 0 radical (unpaired) electrons. The van der Waals surface area contributed by atoms with Gasteiger partial charge in [0.15, 0.2) is 0 Å². The maximum Gasteiger partial charge on any atom is 0.333 e. The van der Waals surface area contributed by atoms with Gasteiger partial charge in [-0.1, -0.05) is 80.4 Å². The molecule has 4 heteroatoms. The number of anilines is 2. The molecule has 188 valence electrons. The molecule has 6 aromatic rings. The summed E-state index contributed by atoms with van der Waals surface area (Å²) in [6.45, 7) is 7.63. The Balaban J connectivity index is 1.43. The molecule has 2 nitrogen and oxygen atoms in total. The second-order valence-corrected chi connectivity index (χ2v) is 13.9. The number of thiophene rings is 1. The van der Waals surface area contributed by atoms with Crippen molar-refractivity contribution in [2.75, 3.05) is 4.90 Å². The van der Waals surface area contributed by atoms with E-state index < -0.39 is 0 Å². The van der Waals surface area contributed by atoms with Gasteiger partial charge in [0.2, 0.25) is 0 Å². The number of hydrogen-bond donors (Lipinski definition) is 0. The molecule has 2 aromatic heterocycles. The summed E-state index contributed by atoms with van der Waals surface area (Å²) in [5, 5.41) is 4.22. The third-order valence-corrected chi connectivity index (χ3v) is 12.3. The van der Waals surface area contributed by atoms with Crippen LogP contribution in [0.5, 0.6) is 0 Å². The van der Waals surface area contributed by atoms with Crippen LogP contribution in [0.2, 0.25) is 0 Å². The number of para-hydroxylation sites is 2. The summed E-state index contributed by atoms with van der Waals surface area (Å²) >= 11 is 1.97. The second kappa shape index (κ2) is 6.62. The number of benzene rings is 4.